The summed E-state index contributed by atoms with van der Waals surface area (Å²) in [6.07, 6.45) is -3.43. The van der Waals surface area contributed by atoms with Crippen molar-refractivity contribution in [3.8, 4) is 0 Å². The van der Waals surface area contributed by atoms with Crippen molar-refractivity contribution in [1.29, 1.82) is 0 Å². The topological polar surface area (TPSA) is 20.3 Å². The lowest BCUT2D eigenvalue weighted by atomic mass is 10.3. The van der Waals surface area contributed by atoms with Crippen molar-refractivity contribution in [1.82, 2.24) is 4.90 Å². The van der Waals surface area contributed by atoms with Crippen LogP contribution in [0, 0.1) is 0 Å². The minimum absolute atomic E-state index is 0.181. The Balaban J connectivity index is 2.62. The van der Waals surface area contributed by atoms with E-state index in [1.54, 1.807) is 13.0 Å². The Bertz CT molecular complexity index is 400. The smallest absolute Gasteiger partial charge is 0.292 e. The molecule has 0 aliphatic rings. The second-order valence-electron chi connectivity index (χ2n) is 3.96. The molecule has 0 unspecified atom stereocenters. The maximum Gasteiger partial charge on any atom is 0.401 e. The molecule has 1 aromatic rings. The van der Waals surface area contributed by atoms with Crippen molar-refractivity contribution in [2.75, 3.05) is 19.6 Å². The molecule has 0 saturated heterocycles. The molecule has 0 amide bonds. The number of carbonyl (C=O) groups excluding carboxylic acids is 1. The first-order valence-corrected chi connectivity index (χ1v) is 6.58. The van der Waals surface area contributed by atoms with Gasteiger partial charge in [-0.2, -0.15) is 13.2 Å². The van der Waals surface area contributed by atoms with Crippen molar-refractivity contribution in [3.63, 3.8) is 0 Å². The normalized spacial score (nSPS) is 12.1. The summed E-state index contributed by atoms with van der Waals surface area (Å²) >= 11 is 1.35. The van der Waals surface area contributed by atoms with E-state index in [0.29, 0.717) is 4.88 Å². The molecule has 0 saturated carbocycles. The zero-order valence-electron chi connectivity index (χ0n) is 10.4. The Labute approximate surface area is 108 Å². The summed E-state index contributed by atoms with van der Waals surface area (Å²) in [5.74, 6) is -0.245. The number of rotatable bonds is 6. The van der Waals surface area contributed by atoms with E-state index >= 15 is 0 Å². The van der Waals surface area contributed by atoms with Gasteiger partial charge in [0.2, 0.25) is 0 Å². The monoisotopic (exact) mass is 279 g/mol. The van der Waals surface area contributed by atoms with Gasteiger partial charge in [-0.05, 0) is 25.1 Å². The first-order chi connectivity index (χ1) is 8.35. The summed E-state index contributed by atoms with van der Waals surface area (Å²) in [5, 5.41) is 0. The van der Waals surface area contributed by atoms with Crippen LogP contribution in [0.4, 0.5) is 13.2 Å². The van der Waals surface area contributed by atoms with Gasteiger partial charge in [-0.1, -0.05) is 13.8 Å². The molecule has 0 aliphatic heterocycles. The van der Waals surface area contributed by atoms with Crippen molar-refractivity contribution in [2.24, 2.45) is 0 Å². The predicted octanol–water partition coefficient (Wildman–Crippen LogP) is 3.38. The number of alkyl halides is 3. The number of nitrogens with zero attached hydrogens (tertiary/aromatic N) is 1. The van der Waals surface area contributed by atoms with Crippen molar-refractivity contribution >= 4 is 17.1 Å². The average Bonchev–Trinajstić information content (AvgIpc) is 2.74. The molecule has 0 aliphatic carbocycles. The predicted molar refractivity (Wildman–Crippen MR) is 66.2 cm³/mol. The van der Waals surface area contributed by atoms with Gasteiger partial charge >= 0.3 is 6.18 Å². The minimum Gasteiger partial charge on any atom is -0.292 e. The van der Waals surface area contributed by atoms with Gasteiger partial charge < -0.3 is 0 Å². The van der Waals surface area contributed by atoms with Crippen LogP contribution in [0.5, 0.6) is 0 Å². The van der Waals surface area contributed by atoms with Crippen LogP contribution in [0.1, 0.15) is 28.4 Å². The van der Waals surface area contributed by atoms with E-state index in [-0.39, 0.29) is 18.9 Å². The molecule has 0 spiro atoms. The van der Waals surface area contributed by atoms with E-state index in [1.807, 2.05) is 13.0 Å². The lowest BCUT2D eigenvalue weighted by Crippen LogP contribution is -2.37. The Morgan fingerprint density at radius 3 is 2.44 bits per heavy atom. The summed E-state index contributed by atoms with van der Waals surface area (Å²) in [7, 11) is 0. The fraction of sp³-hybridized carbons (Fsp3) is 0.583. The van der Waals surface area contributed by atoms with Crippen molar-refractivity contribution < 1.29 is 18.0 Å². The molecule has 0 N–H and O–H groups in total. The summed E-state index contributed by atoms with van der Waals surface area (Å²) in [6.45, 7) is 2.57. The summed E-state index contributed by atoms with van der Waals surface area (Å²) in [5.41, 5.74) is 0. The van der Waals surface area contributed by atoms with E-state index < -0.39 is 12.7 Å². The third-order valence-corrected chi connectivity index (χ3v) is 3.77. The number of thiophene rings is 1. The lowest BCUT2D eigenvalue weighted by Gasteiger charge is -2.20. The summed E-state index contributed by atoms with van der Waals surface area (Å²) < 4.78 is 36.8. The van der Waals surface area contributed by atoms with Gasteiger partial charge in [0.05, 0.1) is 18.0 Å². The fourth-order valence-corrected chi connectivity index (χ4v) is 2.41. The molecule has 1 heterocycles. The number of Topliss-reactive ketones (excluding diaryl/α,β-unsaturated/α-hetero) is 1. The minimum atomic E-state index is -4.26. The quantitative estimate of drug-likeness (QED) is 0.744. The molecule has 0 fully saturated rings. The number of halogens is 3. The second kappa shape index (κ2) is 6.33. The van der Waals surface area contributed by atoms with E-state index in [4.69, 9.17) is 0 Å². The number of likely N-dealkylation sites (N-methyl/N-ethyl adjacent to an activating group) is 1. The molecule has 1 aromatic heterocycles. The molecular formula is C12H16F3NOS. The van der Waals surface area contributed by atoms with Crippen LogP contribution in [0.25, 0.3) is 0 Å². The largest absolute Gasteiger partial charge is 0.401 e. The van der Waals surface area contributed by atoms with Gasteiger partial charge in [0.1, 0.15) is 0 Å². The number of hydrogen-bond acceptors (Lipinski definition) is 3. The van der Waals surface area contributed by atoms with Gasteiger partial charge in [-0.3, -0.25) is 9.69 Å². The van der Waals surface area contributed by atoms with Crippen LogP contribution in [0.2, 0.25) is 0 Å². The highest BCUT2D eigenvalue weighted by Crippen LogP contribution is 2.19. The highest BCUT2D eigenvalue weighted by atomic mass is 32.1. The van der Waals surface area contributed by atoms with Crippen molar-refractivity contribution in [3.05, 3.63) is 21.9 Å². The molecule has 102 valence electrons. The lowest BCUT2D eigenvalue weighted by molar-refractivity contribution is -0.144. The van der Waals surface area contributed by atoms with E-state index in [9.17, 15) is 18.0 Å². The molecule has 2 nitrogen and oxygen atoms in total. The van der Waals surface area contributed by atoms with Crippen LogP contribution in [0.15, 0.2) is 12.1 Å². The van der Waals surface area contributed by atoms with Crippen molar-refractivity contribution in [2.45, 2.75) is 26.4 Å². The maximum absolute atomic E-state index is 12.3. The van der Waals surface area contributed by atoms with E-state index in [0.717, 1.165) is 16.2 Å². The third-order valence-electron chi connectivity index (χ3n) is 2.50. The Morgan fingerprint density at radius 2 is 2.00 bits per heavy atom. The molecule has 0 radical (unpaired) electrons. The molecule has 18 heavy (non-hydrogen) atoms. The first-order valence-electron chi connectivity index (χ1n) is 5.76. The number of carbonyl (C=O) groups is 1. The molecule has 1 rings (SSSR count). The average molecular weight is 279 g/mol. The number of aryl methyl sites for hydroxylation is 1. The van der Waals surface area contributed by atoms with E-state index in [1.165, 1.54) is 11.3 Å². The third kappa shape index (κ3) is 4.78. The molecule has 0 bridgehead atoms. The van der Waals surface area contributed by atoms with Gasteiger partial charge in [-0.25, -0.2) is 0 Å². The first kappa shape index (κ1) is 15.2. The summed E-state index contributed by atoms with van der Waals surface area (Å²) in [6, 6.07) is 3.53. The van der Waals surface area contributed by atoms with Gasteiger partial charge in [0.25, 0.3) is 0 Å². The van der Waals surface area contributed by atoms with Gasteiger partial charge in [0.15, 0.2) is 5.78 Å². The molecule has 0 atom stereocenters. The molecule has 0 aromatic carbocycles. The fourth-order valence-electron chi connectivity index (χ4n) is 1.53. The van der Waals surface area contributed by atoms with Crippen LogP contribution in [-0.2, 0) is 6.42 Å². The molecular weight excluding hydrogens is 263 g/mol. The van der Waals surface area contributed by atoms with Crippen LogP contribution in [0.3, 0.4) is 0 Å². The van der Waals surface area contributed by atoms with Crippen LogP contribution >= 0.6 is 11.3 Å². The van der Waals surface area contributed by atoms with Crippen LogP contribution < -0.4 is 0 Å². The summed E-state index contributed by atoms with van der Waals surface area (Å²) in [4.78, 5) is 14.5. The Kier molecular flexibility index (Phi) is 5.34. The Morgan fingerprint density at radius 1 is 1.33 bits per heavy atom. The maximum atomic E-state index is 12.3. The standard InChI is InChI=1S/C12H16F3NOS/c1-3-9-5-6-11(18-9)10(17)7-16(4-2)8-12(13,14)15/h5-6H,3-4,7-8H2,1-2H3. The van der Waals surface area contributed by atoms with Crippen LogP contribution in [-0.4, -0.2) is 36.5 Å². The molecule has 6 heteroatoms. The van der Waals surface area contributed by atoms with Gasteiger partial charge in [-0.15, -0.1) is 11.3 Å². The number of hydrogen-bond donors (Lipinski definition) is 0. The zero-order valence-corrected chi connectivity index (χ0v) is 11.2. The van der Waals surface area contributed by atoms with E-state index in [2.05, 4.69) is 0 Å². The highest BCUT2D eigenvalue weighted by molar-refractivity contribution is 7.14. The zero-order chi connectivity index (χ0) is 13.8. The Hall–Kier alpha value is -0.880. The van der Waals surface area contributed by atoms with Gasteiger partial charge in [0, 0.05) is 4.88 Å². The highest BCUT2D eigenvalue weighted by Gasteiger charge is 2.31. The number of ketones is 1. The second-order valence-corrected chi connectivity index (χ2v) is 5.13. The SMILES string of the molecule is CCc1ccc(C(=O)CN(CC)CC(F)(F)F)s1.